The molecule has 0 spiro atoms. The van der Waals surface area contributed by atoms with Crippen LogP contribution in [0, 0.1) is 6.92 Å². The topological polar surface area (TPSA) is 86.2 Å². The minimum absolute atomic E-state index is 0.323. The van der Waals surface area contributed by atoms with Crippen molar-refractivity contribution in [3.63, 3.8) is 0 Å². The first kappa shape index (κ1) is 18.1. The molecular formula is C16H28N2O2S. The predicted octanol–water partition coefficient (Wildman–Crippen LogP) is 2.74. The Kier molecular flexibility index (Phi) is 7.93. The van der Waals surface area contributed by atoms with Crippen molar-refractivity contribution in [1.82, 2.24) is 0 Å². The molecule has 0 aliphatic carbocycles. The van der Waals surface area contributed by atoms with Crippen LogP contribution in [0.1, 0.15) is 50.5 Å². The van der Waals surface area contributed by atoms with Crippen LogP contribution in [0.15, 0.2) is 29.2 Å². The second kappa shape index (κ2) is 9.18. The summed E-state index contributed by atoms with van der Waals surface area (Å²) >= 11 is 0. The highest BCUT2D eigenvalue weighted by Gasteiger charge is 2.22. The van der Waals surface area contributed by atoms with Gasteiger partial charge in [-0.1, -0.05) is 49.8 Å². The van der Waals surface area contributed by atoms with Crippen LogP contribution in [-0.2, 0) is 9.84 Å². The van der Waals surface area contributed by atoms with Gasteiger partial charge in [-0.25, -0.2) is 8.42 Å². The predicted molar refractivity (Wildman–Crippen MR) is 87.7 cm³/mol. The molecule has 0 amide bonds. The van der Waals surface area contributed by atoms with E-state index in [1.54, 1.807) is 24.3 Å². The van der Waals surface area contributed by atoms with Gasteiger partial charge in [-0.2, -0.15) is 0 Å². The molecule has 0 aromatic heterocycles. The first-order valence-electron chi connectivity index (χ1n) is 7.74. The molecule has 0 heterocycles. The molecule has 0 saturated carbocycles. The zero-order chi connectivity index (χ0) is 15.7. The van der Waals surface area contributed by atoms with E-state index in [9.17, 15) is 8.42 Å². The summed E-state index contributed by atoms with van der Waals surface area (Å²) in [7, 11) is -3.40. The number of unbranched alkanes of at least 4 members (excludes halogenated alkanes) is 5. The van der Waals surface area contributed by atoms with Gasteiger partial charge in [0.05, 0.1) is 4.90 Å². The molecule has 0 saturated heterocycles. The van der Waals surface area contributed by atoms with Crippen molar-refractivity contribution >= 4 is 9.84 Å². The monoisotopic (exact) mass is 312 g/mol. The second-order valence-electron chi connectivity index (χ2n) is 5.60. The van der Waals surface area contributed by atoms with Gasteiger partial charge in [-0.15, -0.1) is 0 Å². The van der Waals surface area contributed by atoms with E-state index in [0.29, 0.717) is 11.3 Å². The van der Waals surface area contributed by atoms with E-state index < -0.39 is 15.2 Å². The molecule has 0 aliphatic heterocycles. The molecule has 1 rings (SSSR count). The summed E-state index contributed by atoms with van der Waals surface area (Å²) < 4.78 is 24.6. The lowest BCUT2D eigenvalue weighted by Gasteiger charge is -2.13. The highest BCUT2D eigenvalue weighted by Crippen LogP contribution is 2.18. The van der Waals surface area contributed by atoms with E-state index in [0.717, 1.165) is 50.6 Å². The molecule has 0 bridgehead atoms. The molecule has 0 aliphatic rings. The van der Waals surface area contributed by atoms with Crippen LogP contribution in [0.2, 0.25) is 0 Å². The minimum Gasteiger partial charge on any atom is -0.330 e. The van der Waals surface area contributed by atoms with Gasteiger partial charge in [0.25, 0.3) is 0 Å². The average Bonchev–Trinajstić information content (AvgIpc) is 2.46. The van der Waals surface area contributed by atoms with E-state index in [4.69, 9.17) is 11.5 Å². The van der Waals surface area contributed by atoms with E-state index in [1.165, 1.54) is 0 Å². The number of hydrogen-bond acceptors (Lipinski definition) is 4. The summed E-state index contributed by atoms with van der Waals surface area (Å²) in [6.45, 7) is 2.68. The lowest BCUT2D eigenvalue weighted by atomic mass is 10.1. The summed E-state index contributed by atoms with van der Waals surface area (Å²) in [4.78, 5) is 0.323. The van der Waals surface area contributed by atoms with Crippen molar-refractivity contribution in [3.8, 4) is 0 Å². The number of nitrogens with two attached hydrogens (primary N) is 2. The third-order valence-electron chi connectivity index (χ3n) is 3.69. The summed E-state index contributed by atoms with van der Waals surface area (Å²) in [5, 5.41) is -0.802. The molecule has 1 aromatic rings. The normalized spacial score (nSPS) is 13.3. The molecule has 1 aromatic carbocycles. The van der Waals surface area contributed by atoms with Gasteiger partial charge in [-0.05, 0) is 38.4 Å². The van der Waals surface area contributed by atoms with Gasteiger partial charge in [0.15, 0.2) is 9.84 Å². The Morgan fingerprint density at radius 3 is 2.05 bits per heavy atom. The van der Waals surface area contributed by atoms with Crippen molar-refractivity contribution in [1.29, 1.82) is 0 Å². The van der Waals surface area contributed by atoms with Crippen molar-refractivity contribution < 1.29 is 8.42 Å². The molecule has 1 atom stereocenters. The van der Waals surface area contributed by atoms with E-state index in [-0.39, 0.29) is 0 Å². The highest BCUT2D eigenvalue weighted by atomic mass is 32.2. The van der Waals surface area contributed by atoms with Crippen LogP contribution < -0.4 is 11.5 Å². The maximum Gasteiger partial charge on any atom is 0.193 e. The Hall–Kier alpha value is -0.910. The zero-order valence-electron chi connectivity index (χ0n) is 12.9. The first-order valence-corrected chi connectivity index (χ1v) is 9.29. The van der Waals surface area contributed by atoms with Crippen molar-refractivity contribution in [2.24, 2.45) is 11.5 Å². The van der Waals surface area contributed by atoms with Crippen molar-refractivity contribution in [3.05, 3.63) is 29.8 Å². The second-order valence-corrected chi connectivity index (χ2v) is 7.76. The minimum atomic E-state index is -3.40. The Balaban J connectivity index is 2.37. The standard InChI is InChI=1S/C16H28N2O2S/c1-14-9-11-15(12-10-14)21(19,20)16(18)8-6-4-2-3-5-7-13-17/h9-12,16H,2-8,13,17-18H2,1H3. The summed E-state index contributed by atoms with van der Waals surface area (Å²) in [6, 6.07) is 6.88. The lowest BCUT2D eigenvalue weighted by molar-refractivity contribution is 0.547. The van der Waals surface area contributed by atoms with Gasteiger partial charge in [-0.3, -0.25) is 0 Å². The smallest absolute Gasteiger partial charge is 0.193 e. The Bertz CT molecular complexity index is 498. The average molecular weight is 312 g/mol. The van der Waals surface area contributed by atoms with Gasteiger partial charge >= 0.3 is 0 Å². The fraction of sp³-hybridized carbons (Fsp3) is 0.625. The van der Waals surface area contributed by atoms with Crippen LogP contribution in [0.4, 0.5) is 0 Å². The molecule has 0 radical (unpaired) electrons. The maximum absolute atomic E-state index is 12.3. The van der Waals surface area contributed by atoms with Crippen molar-refractivity contribution in [2.45, 2.75) is 62.1 Å². The molecule has 1 unspecified atom stereocenters. The van der Waals surface area contributed by atoms with Crippen LogP contribution in [0.5, 0.6) is 0 Å². The van der Waals surface area contributed by atoms with Gasteiger partial charge < -0.3 is 11.5 Å². The van der Waals surface area contributed by atoms with Crippen LogP contribution in [0.25, 0.3) is 0 Å². The SMILES string of the molecule is Cc1ccc(S(=O)(=O)C(N)CCCCCCCCN)cc1. The Labute approximate surface area is 128 Å². The largest absolute Gasteiger partial charge is 0.330 e. The van der Waals surface area contributed by atoms with Crippen molar-refractivity contribution in [2.75, 3.05) is 6.54 Å². The zero-order valence-corrected chi connectivity index (χ0v) is 13.7. The third-order valence-corrected chi connectivity index (χ3v) is 5.65. The van der Waals surface area contributed by atoms with Gasteiger partial charge in [0, 0.05) is 0 Å². The fourth-order valence-electron chi connectivity index (χ4n) is 2.25. The molecule has 120 valence electrons. The highest BCUT2D eigenvalue weighted by molar-refractivity contribution is 7.92. The number of benzene rings is 1. The number of sulfone groups is 1. The number of hydrogen-bond donors (Lipinski definition) is 2. The lowest BCUT2D eigenvalue weighted by Crippen LogP contribution is -2.30. The first-order chi connectivity index (χ1) is 9.98. The van der Waals surface area contributed by atoms with Gasteiger partial charge in [0.1, 0.15) is 5.37 Å². The van der Waals surface area contributed by atoms with E-state index in [2.05, 4.69) is 0 Å². The molecular weight excluding hydrogens is 284 g/mol. The van der Waals surface area contributed by atoms with E-state index >= 15 is 0 Å². The maximum atomic E-state index is 12.3. The molecule has 0 fully saturated rings. The number of aryl methyl sites for hydroxylation is 1. The van der Waals surface area contributed by atoms with Crippen LogP contribution in [-0.4, -0.2) is 20.3 Å². The fourth-order valence-corrected chi connectivity index (χ4v) is 3.60. The summed E-state index contributed by atoms with van der Waals surface area (Å²) in [5.41, 5.74) is 12.4. The third kappa shape index (κ3) is 6.16. The van der Waals surface area contributed by atoms with Crippen LogP contribution >= 0.6 is 0 Å². The summed E-state index contributed by atoms with van der Waals surface area (Å²) in [6.07, 6.45) is 6.92. The molecule has 4 nitrogen and oxygen atoms in total. The quantitative estimate of drug-likeness (QED) is 0.650. The van der Waals surface area contributed by atoms with E-state index in [1.807, 2.05) is 6.92 Å². The molecule has 4 N–H and O–H groups in total. The Morgan fingerprint density at radius 1 is 0.952 bits per heavy atom. The Morgan fingerprint density at radius 2 is 1.48 bits per heavy atom. The van der Waals surface area contributed by atoms with Gasteiger partial charge in [0.2, 0.25) is 0 Å². The molecule has 21 heavy (non-hydrogen) atoms. The van der Waals surface area contributed by atoms with Crippen LogP contribution in [0.3, 0.4) is 0 Å². The molecule has 5 heteroatoms. The summed E-state index contributed by atoms with van der Waals surface area (Å²) in [5.74, 6) is 0. The number of rotatable bonds is 10.